The van der Waals surface area contributed by atoms with Gasteiger partial charge in [0, 0.05) is 16.8 Å². The summed E-state index contributed by atoms with van der Waals surface area (Å²) in [4.78, 5) is 21.5. The lowest BCUT2D eigenvalue weighted by atomic mass is 10.1. The highest BCUT2D eigenvalue weighted by atomic mass is 32.2. The van der Waals surface area contributed by atoms with Gasteiger partial charge < -0.3 is 10.6 Å². The van der Waals surface area contributed by atoms with Gasteiger partial charge in [0.2, 0.25) is 10.0 Å². The molecule has 4 N–H and O–H groups in total. The monoisotopic (exact) mass is 487 g/mol. The van der Waals surface area contributed by atoms with Crippen LogP contribution in [0.25, 0.3) is 11.3 Å². The minimum Gasteiger partial charge on any atom is -0.362 e. The molecule has 0 bridgehead atoms. The zero-order valence-electron chi connectivity index (χ0n) is 19.3. The average molecular weight is 488 g/mol. The molecule has 0 radical (unpaired) electrons. The van der Waals surface area contributed by atoms with E-state index in [1.807, 2.05) is 56.3 Å². The minimum absolute atomic E-state index is 0.0338. The van der Waals surface area contributed by atoms with E-state index in [9.17, 15) is 13.2 Å². The third-order valence-electron chi connectivity index (χ3n) is 5.40. The van der Waals surface area contributed by atoms with Gasteiger partial charge in [0.15, 0.2) is 0 Å². The summed E-state index contributed by atoms with van der Waals surface area (Å²) in [5.41, 5.74) is 4.57. The summed E-state index contributed by atoms with van der Waals surface area (Å²) in [5.74, 6) is 0.387. The number of nitrogens with zero attached hydrogens (tertiary/aromatic N) is 2. The van der Waals surface area contributed by atoms with Crippen molar-refractivity contribution in [3.63, 3.8) is 0 Å². The van der Waals surface area contributed by atoms with Gasteiger partial charge in [-0.25, -0.2) is 18.5 Å². The fourth-order valence-electron chi connectivity index (χ4n) is 3.57. The number of sulfonamides is 1. The lowest BCUT2D eigenvalue weighted by Crippen LogP contribution is -2.13. The van der Waals surface area contributed by atoms with Crippen LogP contribution in [0, 0.1) is 6.92 Å². The standard InChI is InChI=1S/C26H25N5O3S/c1-17-5-3-7-21(13-17)26(32)30-22-8-4-6-20(14-22)18(2)29-25-16-28-15-24(31-25)19-9-11-23(12-10-19)35(27,33)34/h3-16,18H,1-2H3,(H,29,31)(H,30,32)(H2,27,33,34)/t18-/m0/s1. The van der Waals surface area contributed by atoms with E-state index in [-0.39, 0.29) is 16.8 Å². The number of primary sulfonamides is 1. The van der Waals surface area contributed by atoms with Gasteiger partial charge >= 0.3 is 0 Å². The third kappa shape index (κ3) is 6.08. The van der Waals surface area contributed by atoms with E-state index in [1.54, 1.807) is 30.6 Å². The Labute approximate surface area is 204 Å². The van der Waals surface area contributed by atoms with Crippen molar-refractivity contribution in [3.05, 3.63) is 102 Å². The molecule has 0 spiro atoms. The van der Waals surface area contributed by atoms with E-state index < -0.39 is 10.0 Å². The highest BCUT2D eigenvalue weighted by Gasteiger charge is 2.12. The van der Waals surface area contributed by atoms with Gasteiger partial charge in [0.1, 0.15) is 5.82 Å². The fraction of sp³-hybridized carbons (Fsp3) is 0.115. The van der Waals surface area contributed by atoms with Crippen LogP contribution in [0.1, 0.15) is 34.5 Å². The molecule has 0 aliphatic rings. The Bertz CT molecular complexity index is 1470. The Balaban J connectivity index is 1.47. The number of aromatic nitrogens is 2. The smallest absolute Gasteiger partial charge is 0.255 e. The first kappa shape index (κ1) is 24.1. The van der Waals surface area contributed by atoms with Crippen LogP contribution in [-0.2, 0) is 10.0 Å². The maximum Gasteiger partial charge on any atom is 0.255 e. The van der Waals surface area contributed by atoms with Crippen LogP contribution in [0.2, 0.25) is 0 Å². The number of amides is 1. The fourth-order valence-corrected chi connectivity index (χ4v) is 4.09. The van der Waals surface area contributed by atoms with Crippen LogP contribution in [0.5, 0.6) is 0 Å². The molecule has 4 aromatic rings. The maximum atomic E-state index is 12.6. The van der Waals surface area contributed by atoms with Crippen molar-refractivity contribution >= 4 is 27.4 Å². The molecule has 0 saturated carbocycles. The predicted molar refractivity (Wildman–Crippen MR) is 136 cm³/mol. The number of nitrogens with one attached hydrogen (secondary N) is 2. The van der Waals surface area contributed by atoms with E-state index in [4.69, 9.17) is 5.14 Å². The molecular weight excluding hydrogens is 462 g/mol. The number of hydrogen-bond donors (Lipinski definition) is 3. The first-order valence-corrected chi connectivity index (χ1v) is 12.4. The zero-order chi connectivity index (χ0) is 25.0. The number of benzene rings is 3. The van der Waals surface area contributed by atoms with Crippen LogP contribution in [-0.4, -0.2) is 24.3 Å². The van der Waals surface area contributed by atoms with Crippen LogP contribution in [0.15, 0.2) is 90.1 Å². The minimum atomic E-state index is -3.76. The molecular formula is C26H25N5O3S. The number of rotatable bonds is 7. The van der Waals surface area contributed by atoms with Gasteiger partial charge in [-0.05, 0) is 55.8 Å². The van der Waals surface area contributed by atoms with E-state index >= 15 is 0 Å². The second kappa shape index (κ2) is 10.0. The van der Waals surface area contributed by atoms with Crippen molar-refractivity contribution in [2.24, 2.45) is 5.14 Å². The molecule has 0 fully saturated rings. The largest absolute Gasteiger partial charge is 0.362 e. The summed E-state index contributed by atoms with van der Waals surface area (Å²) >= 11 is 0. The molecule has 178 valence electrons. The molecule has 35 heavy (non-hydrogen) atoms. The molecule has 1 atom stereocenters. The molecule has 0 saturated heterocycles. The number of aryl methyl sites for hydroxylation is 1. The van der Waals surface area contributed by atoms with Crippen LogP contribution >= 0.6 is 0 Å². The Hall–Kier alpha value is -4.08. The van der Waals surface area contributed by atoms with Crippen LogP contribution in [0.3, 0.4) is 0 Å². The Kier molecular flexibility index (Phi) is 6.90. The molecule has 0 aliphatic heterocycles. The first-order chi connectivity index (χ1) is 16.7. The van der Waals surface area contributed by atoms with Crippen molar-refractivity contribution in [1.29, 1.82) is 0 Å². The predicted octanol–water partition coefficient (Wildman–Crippen LogP) is 4.52. The van der Waals surface area contributed by atoms with Gasteiger partial charge in [0.25, 0.3) is 5.91 Å². The molecule has 0 aliphatic carbocycles. The summed E-state index contributed by atoms with van der Waals surface area (Å²) in [6.07, 6.45) is 3.21. The van der Waals surface area contributed by atoms with Crippen molar-refractivity contribution in [3.8, 4) is 11.3 Å². The molecule has 3 aromatic carbocycles. The number of carbonyl (C=O) groups is 1. The molecule has 9 heteroatoms. The van der Waals surface area contributed by atoms with Crippen molar-refractivity contribution < 1.29 is 13.2 Å². The highest BCUT2D eigenvalue weighted by Crippen LogP contribution is 2.24. The lowest BCUT2D eigenvalue weighted by molar-refractivity contribution is 0.102. The topological polar surface area (TPSA) is 127 Å². The molecule has 4 rings (SSSR count). The van der Waals surface area contributed by atoms with E-state index in [0.29, 0.717) is 28.3 Å². The number of hydrogen-bond acceptors (Lipinski definition) is 6. The van der Waals surface area contributed by atoms with E-state index in [2.05, 4.69) is 20.6 Å². The molecule has 8 nitrogen and oxygen atoms in total. The van der Waals surface area contributed by atoms with Crippen molar-refractivity contribution in [1.82, 2.24) is 9.97 Å². The summed E-state index contributed by atoms with van der Waals surface area (Å²) in [7, 11) is -3.76. The zero-order valence-corrected chi connectivity index (χ0v) is 20.1. The van der Waals surface area contributed by atoms with Crippen molar-refractivity contribution in [2.45, 2.75) is 24.8 Å². The Morgan fingerprint density at radius 2 is 1.71 bits per heavy atom. The van der Waals surface area contributed by atoms with Crippen LogP contribution in [0.4, 0.5) is 11.5 Å². The summed E-state index contributed by atoms with van der Waals surface area (Å²) in [6.45, 7) is 3.93. The Morgan fingerprint density at radius 3 is 2.43 bits per heavy atom. The highest BCUT2D eigenvalue weighted by molar-refractivity contribution is 7.89. The maximum absolute atomic E-state index is 12.6. The molecule has 1 heterocycles. The van der Waals surface area contributed by atoms with Gasteiger partial charge in [-0.2, -0.15) is 0 Å². The Morgan fingerprint density at radius 1 is 0.971 bits per heavy atom. The summed E-state index contributed by atoms with van der Waals surface area (Å²) in [5, 5.41) is 11.4. The first-order valence-electron chi connectivity index (χ1n) is 10.9. The normalized spacial score (nSPS) is 12.1. The third-order valence-corrected chi connectivity index (χ3v) is 6.33. The van der Waals surface area contributed by atoms with E-state index in [1.165, 1.54) is 12.1 Å². The quantitative estimate of drug-likeness (QED) is 0.352. The second-order valence-electron chi connectivity index (χ2n) is 8.17. The van der Waals surface area contributed by atoms with Gasteiger partial charge in [-0.1, -0.05) is 42.0 Å². The number of nitrogens with two attached hydrogens (primary N) is 1. The summed E-state index contributed by atoms with van der Waals surface area (Å²) < 4.78 is 23.0. The lowest BCUT2D eigenvalue weighted by Gasteiger charge is -2.16. The molecule has 1 aromatic heterocycles. The number of anilines is 2. The SMILES string of the molecule is Cc1cccc(C(=O)Nc2cccc([C@H](C)Nc3cncc(-c4ccc(S(N)(=O)=O)cc4)n3)c2)c1. The summed E-state index contributed by atoms with van der Waals surface area (Å²) in [6, 6.07) is 21.1. The van der Waals surface area contributed by atoms with E-state index in [0.717, 1.165) is 11.1 Å². The molecule has 1 amide bonds. The van der Waals surface area contributed by atoms with Crippen molar-refractivity contribution in [2.75, 3.05) is 10.6 Å². The van der Waals surface area contributed by atoms with Gasteiger partial charge in [-0.3, -0.25) is 9.78 Å². The van der Waals surface area contributed by atoms with Gasteiger partial charge in [0.05, 0.1) is 29.0 Å². The average Bonchev–Trinajstić information content (AvgIpc) is 2.84. The second-order valence-corrected chi connectivity index (χ2v) is 9.74. The number of carbonyl (C=O) groups excluding carboxylic acids is 1. The molecule has 0 unspecified atom stereocenters. The van der Waals surface area contributed by atoms with Crippen LogP contribution < -0.4 is 15.8 Å². The van der Waals surface area contributed by atoms with Gasteiger partial charge in [-0.15, -0.1) is 0 Å².